The Kier molecular flexibility index (Phi) is 63.1. The van der Waals surface area contributed by atoms with Crippen LogP contribution in [0.2, 0.25) is 0 Å². The van der Waals surface area contributed by atoms with E-state index in [1.54, 1.807) is 0 Å². The van der Waals surface area contributed by atoms with Gasteiger partial charge in [0.25, 0.3) is 0 Å². The molecule has 94 heavy (non-hydrogen) atoms. The molecule has 558 valence electrons. The summed E-state index contributed by atoms with van der Waals surface area (Å²) < 4.78 is 68.5. The molecular formula is C75H146O17P2. The van der Waals surface area contributed by atoms with Gasteiger partial charge in [-0.25, -0.2) is 9.13 Å². The Labute approximate surface area is 575 Å². The maximum absolute atomic E-state index is 13.1. The van der Waals surface area contributed by atoms with Crippen molar-refractivity contribution in [3.8, 4) is 0 Å². The zero-order chi connectivity index (χ0) is 69.6. The summed E-state index contributed by atoms with van der Waals surface area (Å²) >= 11 is 0. The van der Waals surface area contributed by atoms with Gasteiger partial charge >= 0.3 is 39.5 Å². The summed E-state index contributed by atoms with van der Waals surface area (Å²) in [6.07, 6.45) is 48.7. The average molecular weight is 1380 g/mol. The smallest absolute Gasteiger partial charge is 0.462 e. The molecule has 0 aliphatic carbocycles. The zero-order valence-corrected chi connectivity index (χ0v) is 63.4. The first-order chi connectivity index (χ1) is 45.1. The Bertz CT molecular complexity index is 1850. The summed E-state index contributed by atoms with van der Waals surface area (Å²) in [6, 6.07) is 0. The third-order valence-electron chi connectivity index (χ3n) is 17.3. The number of esters is 4. The molecule has 17 nitrogen and oxygen atoms in total. The lowest BCUT2D eigenvalue weighted by Crippen LogP contribution is -2.30. The number of aliphatic hydroxyl groups excluding tert-OH is 1. The lowest BCUT2D eigenvalue weighted by atomic mass is 10.0. The van der Waals surface area contributed by atoms with Crippen molar-refractivity contribution in [2.75, 3.05) is 39.6 Å². The molecule has 3 N–H and O–H groups in total. The quantitative estimate of drug-likeness (QED) is 0.0222. The lowest BCUT2D eigenvalue weighted by molar-refractivity contribution is -0.161. The topological polar surface area (TPSA) is 237 Å². The van der Waals surface area contributed by atoms with Crippen molar-refractivity contribution in [1.29, 1.82) is 0 Å². The second-order valence-electron chi connectivity index (χ2n) is 28.9. The number of carbonyl (C=O) groups is 4. The van der Waals surface area contributed by atoms with E-state index >= 15 is 0 Å². The molecule has 5 atom stereocenters. The molecular weight excluding hydrogens is 1230 g/mol. The Morgan fingerprint density at radius 3 is 0.660 bits per heavy atom. The number of aliphatic hydroxyl groups is 1. The van der Waals surface area contributed by atoms with E-state index in [2.05, 4.69) is 55.4 Å². The van der Waals surface area contributed by atoms with Gasteiger partial charge in [0.1, 0.15) is 19.3 Å². The van der Waals surface area contributed by atoms with Crippen molar-refractivity contribution in [3.63, 3.8) is 0 Å². The zero-order valence-electron chi connectivity index (χ0n) is 61.6. The summed E-state index contributed by atoms with van der Waals surface area (Å²) in [7, 11) is -9.91. The molecule has 2 unspecified atom stereocenters. The van der Waals surface area contributed by atoms with Gasteiger partial charge < -0.3 is 33.8 Å². The summed E-state index contributed by atoms with van der Waals surface area (Å²) in [4.78, 5) is 72.7. The second kappa shape index (κ2) is 64.4. The normalized spacial score (nSPS) is 14.2. The van der Waals surface area contributed by atoms with Crippen LogP contribution in [0.5, 0.6) is 0 Å². The van der Waals surface area contributed by atoms with Crippen molar-refractivity contribution in [2.45, 2.75) is 395 Å². The van der Waals surface area contributed by atoms with E-state index in [4.69, 9.17) is 37.0 Å². The minimum Gasteiger partial charge on any atom is -0.462 e. The summed E-state index contributed by atoms with van der Waals surface area (Å²) in [6.45, 7) is 14.1. The van der Waals surface area contributed by atoms with Crippen LogP contribution in [0.3, 0.4) is 0 Å². The summed E-state index contributed by atoms with van der Waals surface area (Å²) in [5.74, 6) is 0.888. The first-order valence-corrected chi connectivity index (χ1v) is 41.7. The Hall–Kier alpha value is -1.94. The fraction of sp³-hybridized carbons (Fsp3) is 0.947. The molecule has 0 aromatic rings. The second-order valence-corrected chi connectivity index (χ2v) is 31.9. The molecule has 0 heterocycles. The van der Waals surface area contributed by atoms with E-state index in [0.29, 0.717) is 31.6 Å². The van der Waals surface area contributed by atoms with Crippen LogP contribution >= 0.6 is 15.6 Å². The molecule has 0 fully saturated rings. The van der Waals surface area contributed by atoms with Gasteiger partial charge in [-0.05, 0) is 49.4 Å². The Balaban J connectivity index is 5.24. The maximum atomic E-state index is 13.1. The van der Waals surface area contributed by atoms with Crippen molar-refractivity contribution >= 4 is 39.5 Å². The van der Waals surface area contributed by atoms with E-state index in [-0.39, 0.29) is 25.7 Å². The van der Waals surface area contributed by atoms with E-state index in [1.807, 2.05) is 0 Å². The molecule has 0 aliphatic heterocycles. The highest BCUT2D eigenvalue weighted by Crippen LogP contribution is 2.45. The number of carbonyl (C=O) groups excluding carboxylic acids is 4. The van der Waals surface area contributed by atoms with Gasteiger partial charge in [-0.2, -0.15) is 0 Å². The van der Waals surface area contributed by atoms with Gasteiger partial charge in [0, 0.05) is 25.7 Å². The molecule has 0 aromatic heterocycles. The van der Waals surface area contributed by atoms with Gasteiger partial charge in [-0.15, -0.1) is 0 Å². The number of hydrogen-bond donors (Lipinski definition) is 3. The predicted molar refractivity (Wildman–Crippen MR) is 381 cm³/mol. The highest BCUT2D eigenvalue weighted by Gasteiger charge is 2.30. The number of phosphoric ester groups is 2. The summed E-state index contributed by atoms with van der Waals surface area (Å²) in [5, 5.41) is 10.6. The molecule has 0 aromatic carbocycles. The molecule has 0 spiro atoms. The van der Waals surface area contributed by atoms with Crippen LogP contribution in [-0.2, 0) is 65.4 Å². The lowest BCUT2D eigenvalue weighted by Gasteiger charge is -2.21. The third kappa shape index (κ3) is 68.6. The van der Waals surface area contributed by atoms with Crippen molar-refractivity contribution < 1.29 is 80.2 Å². The number of phosphoric acid groups is 2. The van der Waals surface area contributed by atoms with Crippen LogP contribution in [0.25, 0.3) is 0 Å². The molecule has 0 rings (SSSR count). The van der Waals surface area contributed by atoms with Crippen molar-refractivity contribution in [3.05, 3.63) is 0 Å². The molecule has 0 saturated carbocycles. The fourth-order valence-electron chi connectivity index (χ4n) is 11.4. The van der Waals surface area contributed by atoms with E-state index in [0.717, 1.165) is 114 Å². The van der Waals surface area contributed by atoms with Crippen LogP contribution in [0.4, 0.5) is 0 Å². The number of ether oxygens (including phenoxy) is 4. The highest BCUT2D eigenvalue weighted by molar-refractivity contribution is 7.47. The minimum absolute atomic E-state index is 0.106. The van der Waals surface area contributed by atoms with Crippen LogP contribution in [0, 0.1) is 23.7 Å². The standard InChI is InChI=1S/C75H146O17P2/c1-65(2)51-43-35-27-21-15-11-9-13-17-25-31-41-49-57-74(79)91-70(61-85-72(77)55-47-39-30-24-20-19-23-29-37-45-53-67(5)6)63-89-93(81,82)87-59-69(76)60-88-94(83,84)90-64-71(62-86-73(78)56-48-40-34-33-38-46-54-68(7)8)92-75(80)58-50-42-32-26-18-14-10-12-16-22-28-36-44-52-66(3)4/h65-71,76H,9-64H2,1-8H3,(H,81,82)(H,83,84)/t69-,70-,71-/m1/s1. The van der Waals surface area contributed by atoms with Gasteiger partial charge in [-0.3, -0.25) is 37.3 Å². The van der Waals surface area contributed by atoms with E-state index < -0.39 is 97.5 Å². The van der Waals surface area contributed by atoms with Crippen LogP contribution < -0.4 is 0 Å². The minimum atomic E-state index is -4.96. The monoisotopic (exact) mass is 1380 g/mol. The number of unbranched alkanes of at least 4 members (excludes halogenated alkanes) is 38. The first-order valence-electron chi connectivity index (χ1n) is 38.7. The molecule has 0 aliphatic rings. The van der Waals surface area contributed by atoms with Crippen molar-refractivity contribution in [1.82, 2.24) is 0 Å². The first kappa shape index (κ1) is 92.1. The molecule has 19 heteroatoms. The van der Waals surface area contributed by atoms with Gasteiger partial charge in [-0.1, -0.05) is 325 Å². The van der Waals surface area contributed by atoms with Gasteiger partial charge in [0.2, 0.25) is 0 Å². The molecule has 0 saturated heterocycles. The molecule has 0 amide bonds. The highest BCUT2D eigenvalue weighted by atomic mass is 31.2. The molecule has 0 bridgehead atoms. The third-order valence-corrected chi connectivity index (χ3v) is 19.2. The average Bonchev–Trinajstić information content (AvgIpc) is 3.62. The largest absolute Gasteiger partial charge is 0.472 e. The number of hydrogen-bond acceptors (Lipinski definition) is 15. The molecule has 0 radical (unpaired) electrons. The Morgan fingerprint density at radius 1 is 0.266 bits per heavy atom. The van der Waals surface area contributed by atoms with Crippen LogP contribution in [0.15, 0.2) is 0 Å². The van der Waals surface area contributed by atoms with Gasteiger partial charge in [0.05, 0.1) is 26.4 Å². The SMILES string of the molecule is CC(C)CCCCCCCCCCCCCCCC(=O)O[C@H](COC(=O)CCCCCCCCCCCCC(C)C)COP(=O)(O)OC[C@@H](O)COP(=O)(O)OC[C@@H](COC(=O)CCCCCCCCC(C)C)OC(=O)CCCCCCCCCCCCCCCC(C)C. The van der Waals surface area contributed by atoms with Crippen molar-refractivity contribution in [2.24, 2.45) is 23.7 Å². The maximum Gasteiger partial charge on any atom is 0.472 e. The Morgan fingerprint density at radius 2 is 0.447 bits per heavy atom. The number of rotatable bonds is 72. The van der Waals surface area contributed by atoms with Crippen LogP contribution in [-0.4, -0.2) is 96.7 Å². The van der Waals surface area contributed by atoms with Crippen LogP contribution in [0.1, 0.15) is 376 Å². The summed E-state index contributed by atoms with van der Waals surface area (Å²) in [5.41, 5.74) is 0. The van der Waals surface area contributed by atoms with Gasteiger partial charge in [0.15, 0.2) is 12.2 Å². The fourth-order valence-corrected chi connectivity index (χ4v) is 13.0. The van der Waals surface area contributed by atoms with E-state index in [1.165, 1.54) is 173 Å². The van der Waals surface area contributed by atoms with E-state index in [9.17, 15) is 43.2 Å². The predicted octanol–water partition coefficient (Wildman–Crippen LogP) is 21.7.